The van der Waals surface area contributed by atoms with Crippen molar-refractivity contribution < 1.29 is 65.8 Å². The third-order valence-corrected chi connectivity index (χ3v) is 7.52. The van der Waals surface area contributed by atoms with E-state index in [4.69, 9.17) is 37.4 Å². The Morgan fingerprint density at radius 3 is 2.29 bits per heavy atom. The minimum Gasteiger partial charge on any atom is -0.385 e. The zero-order valence-corrected chi connectivity index (χ0v) is 19.1. The molecule has 1 aromatic rings. The quantitative estimate of drug-likeness (QED) is 0.143. The number of nitrogens with zero attached hydrogens (tertiary/aromatic N) is 2. The summed E-state index contributed by atoms with van der Waals surface area (Å²) in [6, 6.07) is 0. The number of hydrogen-bond acceptors (Lipinski definition) is 12. The lowest BCUT2D eigenvalue weighted by Crippen LogP contribution is -2.51. The number of methoxy groups -OCH3 is 1. The van der Waals surface area contributed by atoms with Crippen molar-refractivity contribution in [3.05, 3.63) is 16.8 Å². The first-order valence-corrected chi connectivity index (χ1v) is 12.5. The maximum absolute atomic E-state index is 13.7. The van der Waals surface area contributed by atoms with E-state index in [0.29, 0.717) is 10.8 Å². The van der Waals surface area contributed by atoms with E-state index in [1.165, 1.54) is 0 Å². The van der Waals surface area contributed by atoms with E-state index in [1.807, 2.05) is 0 Å². The molecule has 0 saturated heterocycles. The van der Waals surface area contributed by atoms with Gasteiger partial charge >= 0.3 is 23.5 Å². The van der Waals surface area contributed by atoms with Crippen molar-refractivity contribution in [1.29, 1.82) is 0 Å². The minimum absolute atomic E-state index is 0.453. The highest BCUT2D eigenvalue weighted by Gasteiger charge is 2.43. The number of aliphatic hydroxyl groups excluding tert-OH is 1. The summed E-state index contributed by atoms with van der Waals surface area (Å²) >= 11 is 4.84. The van der Waals surface area contributed by atoms with E-state index in [1.54, 1.807) is 0 Å². The number of aromatic nitrogens is 2. The fraction of sp³-hybridized carbons (Fsp3) is 0.600. The number of rotatable bonds is 11. The van der Waals surface area contributed by atoms with Gasteiger partial charge in [-0.3, -0.25) is 9.09 Å². The SMILES string of the molecule is CO[C@H](COP(=O)(O)OP(=O)(O)OP(=O)(O)O)C(O)C(C)(O)n1cc(F)c(N)nc1=S. The van der Waals surface area contributed by atoms with Gasteiger partial charge in [0.1, 0.15) is 12.2 Å². The number of aliphatic hydroxyl groups is 2. The summed E-state index contributed by atoms with van der Waals surface area (Å²) in [5.74, 6) is -1.68. The van der Waals surface area contributed by atoms with Gasteiger partial charge in [0.15, 0.2) is 17.4 Å². The molecule has 0 aliphatic carbocycles. The Morgan fingerprint density at radius 1 is 1.26 bits per heavy atom. The summed E-state index contributed by atoms with van der Waals surface area (Å²) in [5, 5.41) is 21.0. The van der Waals surface area contributed by atoms with Crippen molar-refractivity contribution in [2.45, 2.75) is 24.9 Å². The van der Waals surface area contributed by atoms with Crippen LogP contribution in [-0.4, -0.2) is 65.3 Å². The standard InChI is InChI=1S/C10H19FN3O13P3S/c1-10(16,14-3-5(11)8(12)13-9(14)31)7(15)6(24-2)4-25-29(20,21)27-30(22,23)26-28(17,18)19/h3,6-7,15-16H,4H2,1-2H3,(H,20,21)(H,22,23)(H2,12,13,31)(H2,17,18,19)/t6-,7?,10?/m1/s1. The number of nitrogen functional groups attached to an aromatic ring is 1. The van der Waals surface area contributed by atoms with Crippen LogP contribution in [0, 0.1) is 10.6 Å². The summed E-state index contributed by atoms with van der Waals surface area (Å²) in [7, 11) is -15.9. The summed E-state index contributed by atoms with van der Waals surface area (Å²) < 4.78 is 63.7. The molecule has 21 heteroatoms. The van der Waals surface area contributed by atoms with Crippen LogP contribution in [0.3, 0.4) is 0 Å². The highest BCUT2D eigenvalue weighted by molar-refractivity contribution is 7.71. The second-order valence-electron chi connectivity index (χ2n) is 5.83. The second kappa shape index (κ2) is 10.1. The fourth-order valence-corrected chi connectivity index (χ4v) is 5.39. The van der Waals surface area contributed by atoms with E-state index in [2.05, 4.69) is 18.1 Å². The first-order valence-electron chi connectivity index (χ1n) is 7.58. The second-order valence-corrected chi connectivity index (χ2v) is 10.6. The molecule has 0 aliphatic heterocycles. The lowest BCUT2D eigenvalue weighted by atomic mass is 10.0. The van der Waals surface area contributed by atoms with E-state index < -0.39 is 64.4 Å². The van der Waals surface area contributed by atoms with Crippen LogP contribution in [0.25, 0.3) is 0 Å². The fourth-order valence-electron chi connectivity index (χ4n) is 2.02. The Kier molecular flexibility index (Phi) is 9.21. The Balaban J connectivity index is 3.01. The highest BCUT2D eigenvalue weighted by atomic mass is 32.1. The average Bonchev–Trinajstić information content (AvgIpc) is 2.54. The molecule has 1 rings (SSSR count). The van der Waals surface area contributed by atoms with Crippen LogP contribution in [0.4, 0.5) is 10.2 Å². The van der Waals surface area contributed by atoms with Crippen LogP contribution in [0.5, 0.6) is 0 Å². The van der Waals surface area contributed by atoms with Crippen molar-refractivity contribution in [1.82, 2.24) is 9.55 Å². The van der Waals surface area contributed by atoms with Gasteiger partial charge in [-0.25, -0.2) is 18.1 Å². The molecule has 180 valence electrons. The summed E-state index contributed by atoms with van der Waals surface area (Å²) in [4.78, 5) is 38.9. The molecule has 0 bridgehead atoms. The molecule has 0 saturated carbocycles. The van der Waals surface area contributed by atoms with Gasteiger partial charge in [0.05, 0.1) is 6.61 Å². The van der Waals surface area contributed by atoms with E-state index >= 15 is 0 Å². The van der Waals surface area contributed by atoms with Crippen LogP contribution in [0.2, 0.25) is 0 Å². The number of ether oxygens (including phenoxy) is 1. The molecule has 0 amide bonds. The first kappa shape index (κ1) is 28.4. The molecule has 1 heterocycles. The zero-order valence-electron chi connectivity index (χ0n) is 15.6. The normalized spacial score (nSPS) is 20.3. The third kappa shape index (κ3) is 8.31. The predicted molar refractivity (Wildman–Crippen MR) is 99.9 cm³/mol. The molecule has 8 N–H and O–H groups in total. The molecule has 31 heavy (non-hydrogen) atoms. The molecule has 1 aromatic heterocycles. The Morgan fingerprint density at radius 2 is 1.81 bits per heavy atom. The number of anilines is 1. The molecular formula is C10H19FN3O13P3S. The monoisotopic (exact) mass is 533 g/mol. The summed E-state index contributed by atoms with van der Waals surface area (Å²) in [6.45, 7) is -0.155. The molecule has 0 aromatic carbocycles. The maximum atomic E-state index is 13.7. The largest absolute Gasteiger partial charge is 0.490 e. The Labute approximate surface area is 178 Å². The van der Waals surface area contributed by atoms with Crippen molar-refractivity contribution in [2.75, 3.05) is 19.5 Å². The van der Waals surface area contributed by atoms with Crippen LogP contribution < -0.4 is 5.73 Å². The molecule has 5 atom stereocenters. The highest BCUT2D eigenvalue weighted by Crippen LogP contribution is 2.66. The lowest BCUT2D eigenvalue weighted by Gasteiger charge is -2.35. The number of phosphoric acid groups is 3. The van der Waals surface area contributed by atoms with Gasteiger partial charge in [0.2, 0.25) is 4.77 Å². The lowest BCUT2D eigenvalue weighted by molar-refractivity contribution is -0.176. The topological polar surface area (TPSA) is 253 Å². The van der Waals surface area contributed by atoms with Crippen LogP contribution in [0.1, 0.15) is 6.92 Å². The minimum atomic E-state index is -5.76. The third-order valence-electron chi connectivity index (χ3n) is 3.43. The Hall–Kier alpha value is -0.680. The number of hydrogen-bond donors (Lipinski definition) is 7. The number of phosphoric ester groups is 1. The van der Waals surface area contributed by atoms with Crippen LogP contribution in [-0.2, 0) is 37.3 Å². The smallest absolute Gasteiger partial charge is 0.385 e. The average molecular weight is 533 g/mol. The van der Waals surface area contributed by atoms with Gasteiger partial charge in [-0.05, 0) is 19.1 Å². The molecule has 16 nitrogen and oxygen atoms in total. The number of nitrogens with two attached hydrogens (primary N) is 1. The first-order chi connectivity index (χ1) is 13.8. The van der Waals surface area contributed by atoms with Crippen LogP contribution >= 0.6 is 35.7 Å². The predicted octanol–water partition coefficient (Wildman–Crippen LogP) is -0.282. The van der Waals surface area contributed by atoms with E-state index in [9.17, 15) is 33.2 Å². The van der Waals surface area contributed by atoms with Gasteiger partial charge in [-0.2, -0.15) is 13.6 Å². The van der Waals surface area contributed by atoms with Gasteiger partial charge in [-0.15, -0.1) is 0 Å². The van der Waals surface area contributed by atoms with E-state index in [-0.39, 0.29) is 0 Å². The van der Waals surface area contributed by atoms with Gasteiger partial charge in [-0.1, -0.05) is 0 Å². The van der Waals surface area contributed by atoms with Crippen molar-refractivity contribution in [2.24, 2.45) is 0 Å². The van der Waals surface area contributed by atoms with Gasteiger partial charge < -0.3 is 40.3 Å². The molecule has 0 radical (unpaired) electrons. The molecule has 4 unspecified atom stereocenters. The zero-order chi connectivity index (χ0) is 24.4. The van der Waals surface area contributed by atoms with Crippen molar-refractivity contribution >= 4 is 41.5 Å². The van der Waals surface area contributed by atoms with Crippen molar-refractivity contribution in [3.8, 4) is 0 Å². The molecule has 0 fully saturated rings. The van der Waals surface area contributed by atoms with Gasteiger partial charge in [0.25, 0.3) is 0 Å². The Bertz CT molecular complexity index is 999. The number of halogens is 1. The summed E-state index contributed by atoms with van der Waals surface area (Å²) in [5.41, 5.74) is 2.80. The summed E-state index contributed by atoms with van der Waals surface area (Å²) in [6.07, 6.45) is -3.10. The molecular weight excluding hydrogens is 514 g/mol. The molecule has 0 spiro atoms. The molecule has 0 aliphatic rings. The maximum Gasteiger partial charge on any atom is 0.490 e. The van der Waals surface area contributed by atoms with E-state index in [0.717, 1.165) is 14.0 Å². The van der Waals surface area contributed by atoms with Gasteiger partial charge in [0, 0.05) is 13.3 Å². The van der Waals surface area contributed by atoms with Crippen LogP contribution in [0.15, 0.2) is 6.20 Å². The van der Waals surface area contributed by atoms with Crippen molar-refractivity contribution in [3.63, 3.8) is 0 Å².